The van der Waals surface area contributed by atoms with Crippen LogP contribution in [-0.2, 0) is 19.1 Å². The molecule has 1 N–H and O–H groups in total. The molecule has 0 unspecified atom stereocenters. The third-order valence-electron chi connectivity index (χ3n) is 3.77. The molecule has 0 aromatic carbocycles. The van der Waals surface area contributed by atoms with E-state index in [2.05, 4.69) is 4.74 Å². The number of allylic oxidation sites excluding steroid dienone is 2. The maximum absolute atomic E-state index is 12.3. The SMILES string of the molecule is COC(=O)C1=C(O)[C@H](C(=O)C=Cc2ccco2)C(=O)CC1(C)C. The summed E-state index contributed by atoms with van der Waals surface area (Å²) in [5.41, 5.74) is -0.931. The fraction of sp³-hybridized carbons (Fsp3) is 0.353. The predicted octanol–water partition coefficient (Wildman–Crippen LogP) is 2.46. The lowest BCUT2D eigenvalue weighted by atomic mass is 9.69. The van der Waals surface area contributed by atoms with Crippen molar-refractivity contribution < 1.29 is 28.6 Å². The molecule has 0 radical (unpaired) electrons. The van der Waals surface area contributed by atoms with Crippen LogP contribution in [0.25, 0.3) is 6.08 Å². The summed E-state index contributed by atoms with van der Waals surface area (Å²) in [5, 5.41) is 10.3. The molecule has 0 saturated heterocycles. The highest BCUT2D eigenvalue weighted by atomic mass is 16.5. The third kappa shape index (κ3) is 3.26. The van der Waals surface area contributed by atoms with Gasteiger partial charge in [-0.05, 0) is 24.3 Å². The molecule has 0 fully saturated rings. The number of aliphatic hydroxyl groups is 1. The van der Waals surface area contributed by atoms with E-state index >= 15 is 0 Å². The molecule has 1 aliphatic carbocycles. The predicted molar refractivity (Wildman–Crippen MR) is 81.3 cm³/mol. The maximum Gasteiger partial charge on any atom is 0.337 e. The second kappa shape index (κ2) is 6.24. The van der Waals surface area contributed by atoms with Crippen LogP contribution in [0.2, 0.25) is 0 Å². The van der Waals surface area contributed by atoms with Gasteiger partial charge in [-0.1, -0.05) is 13.8 Å². The summed E-state index contributed by atoms with van der Waals surface area (Å²) in [6.45, 7) is 3.29. The number of Topliss-reactive ketones (excluding diaryl/α,β-unsaturated/α-hetero) is 1. The average Bonchev–Trinajstić information content (AvgIpc) is 2.96. The zero-order valence-corrected chi connectivity index (χ0v) is 13.2. The van der Waals surface area contributed by atoms with E-state index in [1.807, 2.05) is 0 Å². The first kappa shape index (κ1) is 16.7. The molecular formula is C17H18O6. The number of hydrogen-bond donors (Lipinski definition) is 1. The highest BCUT2D eigenvalue weighted by Crippen LogP contribution is 2.41. The van der Waals surface area contributed by atoms with E-state index in [1.165, 1.54) is 19.4 Å². The van der Waals surface area contributed by atoms with Gasteiger partial charge < -0.3 is 14.3 Å². The van der Waals surface area contributed by atoms with Crippen molar-refractivity contribution in [2.45, 2.75) is 20.3 Å². The fourth-order valence-electron chi connectivity index (χ4n) is 2.69. The summed E-state index contributed by atoms with van der Waals surface area (Å²) in [7, 11) is 1.18. The number of ketones is 2. The molecule has 1 atom stereocenters. The standard InChI is InChI=1S/C17H18O6/c1-17(2)9-12(19)13(15(20)14(17)16(21)22-3)11(18)7-6-10-5-4-8-23-10/h4-8,13,20H,9H2,1-3H3/t13-/m1/s1. The molecule has 23 heavy (non-hydrogen) atoms. The molecule has 6 heteroatoms. The Kier molecular flexibility index (Phi) is 4.54. The second-order valence-electron chi connectivity index (χ2n) is 5.96. The van der Waals surface area contributed by atoms with E-state index in [9.17, 15) is 19.5 Å². The Labute approximate surface area is 133 Å². The Hall–Kier alpha value is -2.63. The zero-order valence-electron chi connectivity index (χ0n) is 13.2. The molecule has 0 saturated carbocycles. The van der Waals surface area contributed by atoms with E-state index < -0.39 is 34.6 Å². The van der Waals surface area contributed by atoms with Gasteiger partial charge >= 0.3 is 5.97 Å². The smallest absolute Gasteiger partial charge is 0.337 e. The number of esters is 1. The van der Waals surface area contributed by atoms with Crippen molar-refractivity contribution in [3.8, 4) is 0 Å². The monoisotopic (exact) mass is 318 g/mol. The van der Waals surface area contributed by atoms with Gasteiger partial charge in [-0.2, -0.15) is 0 Å². The van der Waals surface area contributed by atoms with Crippen LogP contribution < -0.4 is 0 Å². The van der Waals surface area contributed by atoms with Crippen molar-refractivity contribution in [1.82, 2.24) is 0 Å². The van der Waals surface area contributed by atoms with E-state index in [0.717, 1.165) is 6.08 Å². The van der Waals surface area contributed by atoms with E-state index in [1.54, 1.807) is 26.0 Å². The van der Waals surface area contributed by atoms with Gasteiger partial charge in [0.1, 0.15) is 17.4 Å². The Morgan fingerprint density at radius 1 is 1.43 bits per heavy atom. The molecule has 0 aliphatic heterocycles. The summed E-state index contributed by atoms with van der Waals surface area (Å²) in [4.78, 5) is 36.5. The number of carbonyl (C=O) groups is 3. The van der Waals surface area contributed by atoms with Gasteiger partial charge in [-0.15, -0.1) is 0 Å². The van der Waals surface area contributed by atoms with Gasteiger partial charge in [0.15, 0.2) is 11.6 Å². The first-order valence-corrected chi connectivity index (χ1v) is 7.08. The Balaban J connectivity index is 2.38. The van der Waals surface area contributed by atoms with Crippen molar-refractivity contribution in [3.63, 3.8) is 0 Å². The van der Waals surface area contributed by atoms with E-state index in [-0.39, 0.29) is 12.0 Å². The zero-order chi connectivity index (χ0) is 17.2. The molecule has 2 rings (SSSR count). The van der Waals surface area contributed by atoms with Crippen LogP contribution >= 0.6 is 0 Å². The van der Waals surface area contributed by atoms with Crippen molar-refractivity contribution in [2.24, 2.45) is 11.3 Å². The fourth-order valence-corrected chi connectivity index (χ4v) is 2.69. The average molecular weight is 318 g/mol. The highest BCUT2D eigenvalue weighted by Gasteiger charge is 2.46. The number of carbonyl (C=O) groups excluding carboxylic acids is 3. The van der Waals surface area contributed by atoms with Gasteiger partial charge in [0.05, 0.1) is 18.9 Å². The third-order valence-corrected chi connectivity index (χ3v) is 3.77. The molecule has 1 aliphatic rings. The summed E-state index contributed by atoms with van der Waals surface area (Å²) in [6, 6.07) is 3.30. The lowest BCUT2D eigenvalue weighted by Crippen LogP contribution is -2.39. The van der Waals surface area contributed by atoms with Gasteiger partial charge in [0, 0.05) is 11.8 Å². The van der Waals surface area contributed by atoms with Gasteiger partial charge in [-0.25, -0.2) is 4.79 Å². The first-order valence-electron chi connectivity index (χ1n) is 7.08. The minimum absolute atomic E-state index is 0.0352. The maximum atomic E-state index is 12.3. The first-order chi connectivity index (χ1) is 10.8. The number of methoxy groups -OCH3 is 1. The summed E-state index contributed by atoms with van der Waals surface area (Å²) >= 11 is 0. The van der Waals surface area contributed by atoms with Gasteiger partial charge in [0.2, 0.25) is 0 Å². The second-order valence-corrected chi connectivity index (χ2v) is 5.96. The van der Waals surface area contributed by atoms with E-state index in [4.69, 9.17) is 4.42 Å². The van der Waals surface area contributed by atoms with E-state index in [0.29, 0.717) is 5.76 Å². The van der Waals surface area contributed by atoms with Crippen LogP contribution in [0, 0.1) is 11.3 Å². The van der Waals surface area contributed by atoms with Crippen LogP contribution in [-0.4, -0.2) is 29.8 Å². The Morgan fingerprint density at radius 2 is 2.13 bits per heavy atom. The Morgan fingerprint density at radius 3 is 2.70 bits per heavy atom. The normalized spacial score (nSPS) is 20.8. The minimum Gasteiger partial charge on any atom is -0.510 e. The van der Waals surface area contributed by atoms with Crippen LogP contribution in [0.5, 0.6) is 0 Å². The highest BCUT2D eigenvalue weighted by molar-refractivity contribution is 6.13. The lowest BCUT2D eigenvalue weighted by molar-refractivity contribution is -0.139. The van der Waals surface area contributed by atoms with Crippen LogP contribution in [0.4, 0.5) is 0 Å². The Bertz CT molecular complexity index is 691. The summed E-state index contributed by atoms with van der Waals surface area (Å²) in [6.07, 6.45) is 3.98. The summed E-state index contributed by atoms with van der Waals surface area (Å²) < 4.78 is 9.73. The molecule has 0 spiro atoms. The molecule has 1 aromatic heterocycles. The molecule has 1 heterocycles. The number of hydrogen-bond acceptors (Lipinski definition) is 6. The number of ether oxygens (including phenoxy) is 1. The molecule has 1 aromatic rings. The molecule has 0 bridgehead atoms. The van der Waals surface area contributed by atoms with Crippen LogP contribution in [0.15, 0.2) is 40.2 Å². The molecule has 122 valence electrons. The van der Waals surface area contributed by atoms with Crippen molar-refractivity contribution in [3.05, 3.63) is 41.6 Å². The van der Waals surface area contributed by atoms with Crippen LogP contribution in [0.1, 0.15) is 26.0 Å². The molecular weight excluding hydrogens is 300 g/mol. The van der Waals surface area contributed by atoms with Crippen molar-refractivity contribution in [1.29, 1.82) is 0 Å². The number of rotatable bonds is 4. The lowest BCUT2D eigenvalue weighted by Gasteiger charge is -2.33. The van der Waals surface area contributed by atoms with Crippen molar-refractivity contribution >= 4 is 23.6 Å². The minimum atomic E-state index is -1.39. The van der Waals surface area contributed by atoms with Crippen LogP contribution in [0.3, 0.4) is 0 Å². The quantitative estimate of drug-likeness (QED) is 0.520. The van der Waals surface area contributed by atoms with Gasteiger partial charge in [0.25, 0.3) is 0 Å². The topological polar surface area (TPSA) is 93.8 Å². The number of aliphatic hydroxyl groups excluding tert-OH is 1. The number of furan rings is 1. The van der Waals surface area contributed by atoms with Crippen molar-refractivity contribution in [2.75, 3.05) is 7.11 Å². The summed E-state index contributed by atoms with van der Waals surface area (Å²) in [5.74, 6) is -3.27. The van der Waals surface area contributed by atoms with Gasteiger partial charge in [-0.3, -0.25) is 9.59 Å². The largest absolute Gasteiger partial charge is 0.510 e. The molecule has 0 amide bonds. The molecule has 6 nitrogen and oxygen atoms in total.